The minimum absolute atomic E-state index is 0. The Morgan fingerprint density at radius 2 is 1.95 bits per heavy atom. The summed E-state index contributed by atoms with van der Waals surface area (Å²) >= 11 is 3.42. The topological polar surface area (TPSA) is 15.3 Å². The van der Waals surface area contributed by atoms with Crippen LogP contribution in [-0.2, 0) is 0 Å². The van der Waals surface area contributed by atoms with E-state index in [4.69, 9.17) is 0 Å². The molecule has 1 heterocycles. The third kappa shape index (κ3) is 5.68. The van der Waals surface area contributed by atoms with Crippen LogP contribution in [0, 0.1) is 5.82 Å². The van der Waals surface area contributed by atoms with E-state index in [1.807, 2.05) is 6.07 Å². The van der Waals surface area contributed by atoms with Gasteiger partial charge in [0.15, 0.2) is 0 Å². The average Bonchev–Trinajstić information content (AvgIpc) is 2.45. The lowest BCUT2D eigenvalue weighted by Gasteiger charge is -2.35. The van der Waals surface area contributed by atoms with E-state index >= 15 is 0 Å². The Labute approximate surface area is 147 Å². The van der Waals surface area contributed by atoms with Crippen molar-refractivity contribution >= 4 is 40.7 Å². The number of unbranched alkanes of at least 4 members (excludes halogenated alkanes) is 1. The zero-order valence-electron chi connectivity index (χ0n) is 12.3. The largest absolute Gasteiger partial charge is 0.314 e. The van der Waals surface area contributed by atoms with Gasteiger partial charge in [0.1, 0.15) is 5.82 Å². The van der Waals surface area contributed by atoms with Crippen molar-refractivity contribution in [3.05, 3.63) is 34.1 Å². The van der Waals surface area contributed by atoms with E-state index in [1.165, 1.54) is 18.9 Å². The van der Waals surface area contributed by atoms with Gasteiger partial charge < -0.3 is 5.32 Å². The summed E-state index contributed by atoms with van der Waals surface area (Å²) in [6.45, 7) is 6.33. The first-order chi connectivity index (χ1) is 9.24. The van der Waals surface area contributed by atoms with Crippen molar-refractivity contribution in [1.82, 2.24) is 10.2 Å². The molecule has 0 amide bonds. The van der Waals surface area contributed by atoms with Gasteiger partial charge in [0.05, 0.1) is 4.47 Å². The maximum absolute atomic E-state index is 13.8. The number of nitrogens with zero attached hydrogens (tertiary/aromatic N) is 1. The summed E-state index contributed by atoms with van der Waals surface area (Å²) in [6.07, 6.45) is 3.45. The minimum Gasteiger partial charge on any atom is -0.314 e. The van der Waals surface area contributed by atoms with Crippen LogP contribution in [-0.4, -0.2) is 31.1 Å². The molecule has 1 N–H and O–H groups in total. The summed E-state index contributed by atoms with van der Waals surface area (Å²) in [5, 5.41) is 3.38. The lowest BCUT2D eigenvalue weighted by atomic mass is 9.98. The number of rotatable bonds is 5. The molecule has 1 saturated heterocycles. The van der Waals surface area contributed by atoms with Crippen LogP contribution in [0.5, 0.6) is 0 Å². The molecule has 1 aromatic carbocycles. The van der Waals surface area contributed by atoms with Gasteiger partial charge in [0.25, 0.3) is 0 Å². The Kier molecular flexibility index (Phi) is 10.9. The zero-order chi connectivity index (χ0) is 13.7. The fourth-order valence-corrected chi connectivity index (χ4v) is 3.23. The van der Waals surface area contributed by atoms with E-state index in [1.54, 1.807) is 0 Å². The smallest absolute Gasteiger partial charge is 0.137 e. The van der Waals surface area contributed by atoms with E-state index < -0.39 is 0 Å². The van der Waals surface area contributed by atoms with Crippen molar-refractivity contribution in [1.29, 1.82) is 0 Å². The lowest BCUT2D eigenvalue weighted by Crippen LogP contribution is -2.45. The van der Waals surface area contributed by atoms with Gasteiger partial charge in [-0.25, -0.2) is 4.39 Å². The van der Waals surface area contributed by atoms with Gasteiger partial charge in [0, 0.05) is 32.2 Å². The molecule has 1 aromatic rings. The molecule has 0 aromatic heterocycles. The number of nitrogens with one attached hydrogen (secondary N) is 1. The van der Waals surface area contributed by atoms with Crippen molar-refractivity contribution in [3.63, 3.8) is 0 Å². The molecule has 122 valence electrons. The van der Waals surface area contributed by atoms with Crippen LogP contribution in [0.15, 0.2) is 22.7 Å². The molecule has 0 unspecified atom stereocenters. The Balaban J connectivity index is 0.00000200. The van der Waals surface area contributed by atoms with E-state index in [0.29, 0.717) is 10.5 Å². The molecule has 1 aliphatic rings. The Bertz CT molecular complexity index is 415. The van der Waals surface area contributed by atoms with Crippen molar-refractivity contribution in [2.24, 2.45) is 0 Å². The maximum Gasteiger partial charge on any atom is 0.137 e. The Morgan fingerprint density at radius 1 is 1.29 bits per heavy atom. The number of hydrogen-bond acceptors (Lipinski definition) is 2. The molecule has 0 radical (unpaired) electrons. The van der Waals surface area contributed by atoms with Crippen LogP contribution in [0.1, 0.15) is 37.8 Å². The van der Waals surface area contributed by atoms with Crippen molar-refractivity contribution < 1.29 is 4.39 Å². The predicted molar refractivity (Wildman–Crippen MR) is 95.3 cm³/mol. The van der Waals surface area contributed by atoms with Crippen LogP contribution in [0.4, 0.5) is 4.39 Å². The van der Waals surface area contributed by atoms with E-state index in [2.05, 4.69) is 39.1 Å². The minimum atomic E-state index is -0.158. The normalized spacial score (nSPS) is 16.7. The molecule has 1 fully saturated rings. The number of piperazine rings is 1. The molecule has 0 bridgehead atoms. The van der Waals surface area contributed by atoms with E-state index in [0.717, 1.165) is 38.2 Å². The summed E-state index contributed by atoms with van der Waals surface area (Å²) in [7, 11) is 0. The Morgan fingerprint density at radius 3 is 2.57 bits per heavy atom. The van der Waals surface area contributed by atoms with Gasteiger partial charge in [-0.05, 0) is 34.0 Å². The number of halogens is 4. The highest BCUT2D eigenvalue weighted by Crippen LogP contribution is 2.33. The number of benzene rings is 1. The first kappa shape index (κ1) is 21.1. The van der Waals surface area contributed by atoms with Gasteiger partial charge in [-0.1, -0.05) is 31.9 Å². The highest BCUT2D eigenvalue weighted by Gasteiger charge is 2.24. The van der Waals surface area contributed by atoms with Crippen LogP contribution in [0.2, 0.25) is 0 Å². The third-order valence-corrected chi connectivity index (χ3v) is 4.60. The molecular formula is C15H24BrCl2FN2. The molecule has 0 aliphatic carbocycles. The highest BCUT2D eigenvalue weighted by atomic mass is 79.9. The monoisotopic (exact) mass is 400 g/mol. The Hall–Kier alpha value is 0.130. The zero-order valence-corrected chi connectivity index (χ0v) is 15.5. The molecule has 0 saturated carbocycles. The highest BCUT2D eigenvalue weighted by molar-refractivity contribution is 9.10. The van der Waals surface area contributed by atoms with Gasteiger partial charge >= 0.3 is 0 Å². The van der Waals surface area contributed by atoms with Crippen molar-refractivity contribution in [2.45, 2.75) is 32.2 Å². The molecule has 2 nitrogen and oxygen atoms in total. The SMILES string of the molecule is CCCC[C@@H](c1cccc(F)c1Br)N1CCNCC1.Cl.Cl. The molecule has 1 aliphatic heterocycles. The van der Waals surface area contributed by atoms with Crippen LogP contribution >= 0.6 is 40.7 Å². The molecule has 2 rings (SSSR count). The van der Waals surface area contributed by atoms with Crippen molar-refractivity contribution in [3.8, 4) is 0 Å². The van der Waals surface area contributed by atoms with E-state index in [9.17, 15) is 4.39 Å². The summed E-state index contributed by atoms with van der Waals surface area (Å²) < 4.78 is 14.4. The van der Waals surface area contributed by atoms with Crippen molar-refractivity contribution in [2.75, 3.05) is 26.2 Å². The first-order valence-electron chi connectivity index (χ1n) is 7.12. The average molecular weight is 402 g/mol. The van der Waals surface area contributed by atoms with Crippen LogP contribution in [0.25, 0.3) is 0 Å². The fourth-order valence-electron chi connectivity index (χ4n) is 2.70. The second-order valence-electron chi connectivity index (χ2n) is 5.09. The predicted octanol–water partition coefficient (Wildman–Crippen LogP) is 4.57. The standard InChI is InChI=1S/C15H22BrFN2.2ClH/c1-2-3-7-14(19-10-8-18-9-11-19)12-5-4-6-13(17)15(12)16;;/h4-6,14,18H,2-3,7-11H2,1H3;2*1H/t14-;;/m0../s1. The molecule has 6 heteroatoms. The first-order valence-corrected chi connectivity index (χ1v) is 7.92. The second kappa shape index (κ2) is 10.8. The summed E-state index contributed by atoms with van der Waals surface area (Å²) in [5.41, 5.74) is 1.09. The summed E-state index contributed by atoms with van der Waals surface area (Å²) in [6, 6.07) is 5.71. The van der Waals surface area contributed by atoms with Gasteiger partial charge in [0.2, 0.25) is 0 Å². The van der Waals surface area contributed by atoms with E-state index in [-0.39, 0.29) is 30.6 Å². The molecule has 1 atom stereocenters. The summed E-state index contributed by atoms with van der Waals surface area (Å²) in [5.74, 6) is -0.158. The third-order valence-electron chi connectivity index (χ3n) is 3.76. The van der Waals surface area contributed by atoms with Gasteiger partial charge in [-0.3, -0.25) is 4.90 Å². The lowest BCUT2D eigenvalue weighted by molar-refractivity contribution is 0.162. The quantitative estimate of drug-likeness (QED) is 0.777. The molecule has 0 spiro atoms. The number of hydrogen-bond donors (Lipinski definition) is 1. The maximum atomic E-state index is 13.8. The summed E-state index contributed by atoms with van der Waals surface area (Å²) in [4.78, 5) is 2.48. The van der Waals surface area contributed by atoms with Crippen LogP contribution < -0.4 is 5.32 Å². The van der Waals surface area contributed by atoms with Crippen LogP contribution in [0.3, 0.4) is 0 Å². The molecular weight excluding hydrogens is 378 g/mol. The second-order valence-corrected chi connectivity index (χ2v) is 5.88. The fraction of sp³-hybridized carbons (Fsp3) is 0.600. The van der Waals surface area contributed by atoms with Gasteiger partial charge in [-0.15, -0.1) is 24.8 Å². The van der Waals surface area contributed by atoms with Gasteiger partial charge in [-0.2, -0.15) is 0 Å². The molecule has 21 heavy (non-hydrogen) atoms.